The predicted molar refractivity (Wildman–Crippen MR) is 94.7 cm³/mol. The maximum Gasteiger partial charge on any atom is 0.270 e. The Morgan fingerprint density at radius 3 is 2.84 bits per heavy atom. The highest BCUT2D eigenvalue weighted by Gasteiger charge is 2.26. The lowest BCUT2D eigenvalue weighted by Gasteiger charge is -2.36. The first-order valence-corrected chi connectivity index (χ1v) is 8.50. The third kappa shape index (κ3) is 3.97. The number of ether oxygens (including phenoxy) is 2. The zero-order chi connectivity index (χ0) is 17.8. The van der Waals surface area contributed by atoms with E-state index >= 15 is 0 Å². The number of hydrogen-bond donors (Lipinski definition) is 1. The van der Waals surface area contributed by atoms with Crippen LogP contribution in [0.4, 0.5) is 0 Å². The second kappa shape index (κ2) is 7.90. The topological polar surface area (TPSA) is 95.5 Å². The highest BCUT2D eigenvalue weighted by atomic mass is 16.5. The van der Waals surface area contributed by atoms with Crippen molar-refractivity contribution < 1.29 is 9.47 Å². The average molecular weight is 347 g/mol. The van der Waals surface area contributed by atoms with Gasteiger partial charge in [-0.15, -0.1) is 0 Å². The van der Waals surface area contributed by atoms with Crippen molar-refractivity contribution in [3.05, 3.63) is 28.7 Å². The van der Waals surface area contributed by atoms with Crippen LogP contribution in [0, 0.1) is 5.92 Å². The fraction of sp³-hybridized carbons (Fsp3) is 0.588. The van der Waals surface area contributed by atoms with Gasteiger partial charge in [0.15, 0.2) is 5.65 Å². The molecular weight excluding hydrogens is 322 g/mol. The predicted octanol–water partition coefficient (Wildman–Crippen LogP) is 0.0957. The third-order valence-electron chi connectivity index (χ3n) is 4.75. The van der Waals surface area contributed by atoms with Gasteiger partial charge < -0.3 is 15.2 Å². The number of piperidine rings is 1. The first-order valence-electron chi connectivity index (χ1n) is 8.50. The number of rotatable bonds is 6. The minimum atomic E-state index is -0.163. The van der Waals surface area contributed by atoms with Crippen molar-refractivity contribution in [2.45, 2.75) is 19.1 Å². The molecule has 1 saturated heterocycles. The number of nitrogens with two attached hydrogens (primary N) is 1. The number of methoxy groups -OCH3 is 2. The average Bonchev–Trinajstić information content (AvgIpc) is 2.66. The molecule has 2 aromatic rings. The summed E-state index contributed by atoms with van der Waals surface area (Å²) < 4.78 is 12.4. The molecule has 2 N–H and O–H groups in total. The Morgan fingerprint density at radius 1 is 1.28 bits per heavy atom. The van der Waals surface area contributed by atoms with Gasteiger partial charge in [-0.1, -0.05) is 0 Å². The SMILES string of the molecule is COc1ccc2ncc(=O)n(CCN3CC(CN)CC(OC)C3)c2n1. The number of hydrogen-bond acceptors (Lipinski definition) is 7. The summed E-state index contributed by atoms with van der Waals surface area (Å²) in [6, 6.07) is 3.55. The lowest BCUT2D eigenvalue weighted by atomic mass is 9.96. The van der Waals surface area contributed by atoms with Gasteiger partial charge in [-0.2, -0.15) is 4.98 Å². The molecule has 0 aromatic carbocycles. The van der Waals surface area contributed by atoms with Crippen LogP contribution in [0.3, 0.4) is 0 Å². The Kier molecular flexibility index (Phi) is 5.62. The summed E-state index contributed by atoms with van der Waals surface area (Å²) in [5, 5.41) is 0. The van der Waals surface area contributed by atoms with E-state index in [-0.39, 0.29) is 11.7 Å². The van der Waals surface area contributed by atoms with Crippen molar-refractivity contribution in [1.29, 1.82) is 0 Å². The molecule has 1 aliphatic rings. The highest BCUT2D eigenvalue weighted by molar-refractivity contribution is 5.70. The first-order chi connectivity index (χ1) is 12.1. The quantitative estimate of drug-likeness (QED) is 0.791. The Balaban J connectivity index is 1.80. The van der Waals surface area contributed by atoms with Crippen LogP contribution in [0.5, 0.6) is 5.88 Å². The molecule has 0 radical (unpaired) electrons. The van der Waals surface area contributed by atoms with Crippen molar-refractivity contribution in [3.8, 4) is 5.88 Å². The third-order valence-corrected chi connectivity index (χ3v) is 4.75. The van der Waals surface area contributed by atoms with Gasteiger partial charge in [-0.3, -0.25) is 14.3 Å². The maximum atomic E-state index is 12.3. The number of pyridine rings is 1. The molecule has 2 aromatic heterocycles. The number of fused-ring (bicyclic) bond motifs is 1. The fourth-order valence-electron chi connectivity index (χ4n) is 3.37. The summed E-state index contributed by atoms with van der Waals surface area (Å²) in [5.74, 6) is 0.886. The van der Waals surface area contributed by atoms with Crippen LogP contribution >= 0.6 is 0 Å². The van der Waals surface area contributed by atoms with Gasteiger partial charge in [0.05, 0.1) is 19.4 Å². The Morgan fingerprint density at radius 2 is 2.12 bits per heavy atom. The van der Waals surface area contributed by atoms with E-state index in [1.165, 1.54) is 6.20 Å². The van der Waals surface area contributed by atoms with Crippen LogP contribution in [0.2, 0.25) is 0 Å². The first kappa shape index (κ1) is 17.8. The molecule has 8 heteroatoms. The van der Waals surface area contributed by atoms with Gasteiger partial charge in [0.25, 0.3) is 5.56 Å². The summed E-state index contributed by atoms with van der Waals surface area (Å²) in [6.45, 7) is 3.68. The Bertz CT molecular complexity index is 766. The van der Waals surface area contributed by atoms with Crippen LogP contribution in [-0.2, 0) is 11.3 Å². The molecule has 136 valence electrons. The van der Waals surface area contributed by atoms with Gasteiger partial charge in [0.1, 0.15) is 5.52 Å². The van der Waals surface area contributed by atoms with Crippen LogP contribution in [0.15, 0.2) is 23.1 Å². The standard InChI is InChI=1S/C17H25N5O3/c1-24-13-7-12(8-18)10-21(11-13)5-6-22-16(23)9-19-14-3-4-15(25-2)20-17(14)22/h3-4,9,12-13H,5-8,10-11,18H2,1-2H3. The van der Waals surface area contributed by atoms with Crippen LogP contribution < -0.4 is 16.0 Å². The van der Waals surface area contributed by atoms with Gasteiger partial charge in [-0.05, 0) is 24.9 Å². The lowest BCUT2D eigenvalue weighted by Crippen LogP contribution is -2.47. The maximum absolute atomic E-state index is 12.3. The van der Waals surface area contributed by atoms with E-state index in [0.717, 1.165) is 26.1 Å². The Labute approximate surface area is 146 Å². The van der Waals surface area contributed by atoms with Crippen molar-refractivity contribution in [2.75, 3.05) is 40.4 Å². The van der Waals surface area contributed by atoms with E-state index in [1.54, 1.807) is 24.9 Å². The second-order valence-electron chi connectivity index (χ2n) is 6.40. The minimum absolute atomic E-state index is 0.163. The van der Waals surface area contributed by atoms with Crippen LogP contribution in [-0.4, -0.2) is 65.9 Å². The Hall–Kier alpha value is -2.03. The van der Waals surface area contributed by atoms with Gasteiger partial charge in [0.2, 0.25) is 5.88 Å². The smallest absolute Gasteiger partial charge is 0.270 e. The molecular formula is C17H25N5O3. The van der Waals surface area contributed by atoms with Crippen molar-refractivity contribution in [3.63, 3.8) is 0 Å². The molecule has 1 fully saturated rings. The molecule has 3 heterocycles. The summed E-state index contributed by atoms with van der Waals surface area (Å²) in [5.41, 5.74) is 6.91. The van der Waals surface area contributed by atoms with Crippen LogP contribution in [0.25, 0.3) is 11.2 Å². The zero-order valence-corrected chi connectivity index (χ0v) is 14.7. The van der Waals surface area contributed by atoms with E-state index in [4.69, 9.17) is 15.2 Å². The molecule has 25 heavy (non-hydrogen) atoms. The summed E-state index contributed by atoms with van der Waals surface area (Å²) in [4.78, 5) is 23.2. The molecule has 2 atom stereocenters. The minimum Gasteiger partial charge on any atom is -0.481 e. The van der Waals surface area contributed by atoms with E-state index < -0.39 is 0 Å². The van der Waals surface area contributed by atoms with Crippen molar-refractivity contribution in [2.24, 2.45) is 11.7 Å². The number of nitrogens with zero attached hydrogens (tertiary/aromatic N) is 4. The molecule has 0 aliphatic carbocycles. The molecule has 0 amide bonds. The summed E-state index contributed by atoms with van der Waals surface area (Å²) in [6.07, 6.45) is 2.51. The number of aromatic nitrogens is 3. The molecule has 8 nitrogen and oxygen atoms in total. The molecule has 1 aliphatic heterocycles. The molecule has 3 rings (SSSR count). The van der Waals surface area contributed by atoms with Crippen molar-refractivity contribution in [1.82, 2.24) is 19.4 Å². The van der Waals surface area contributed by atoms with Gasteiger partial charge in [0, 0.05) is 39.4 Å². The van der Waals surface area contributed by atoms with E-state index in [9.17, 15) is 4.79 Å². The van der Waals surface area contributed by atoms with Crippen molar-refractivity contribution >= 4 is 11.2 Å². The van der Waals surface area contributed by atoms with Crippen LogP contribution in [0.1, 0.15) is 6.42 Å². The summed E-state index contributed by atoms with van der Waals surface area (Å²) >= 11 is 0. The highest BCUT2D eigenvalue weighted by Crippen LogP contribution is 2.18. The van der Waals surface area contributed by atoms with E-state index in [1.807, 2.05) is 6.07 Å². The van der Waals surface area contributed by atoms with E-state index in [2.05, 4.69) is 14.9 Å². The monoisotopic (exact) mass is 347 g/mol. The molecule has 0 spiro atoms. The van der Waals surface area contributed by atoms with Gasteiger partial charge in [-0.25, -0.2) is 4.98 Å². The molecule has 0 bridgehead atoms. The molecule has 0 saturated carbocycles. The lowest BCUT2D eigenvalue weighted by molar-refractivity contribution is 0.00811. The summed E-state index contributed by atoms with van der Waals surface area (Å²) in [7, 11) is 3.29. The largest absolute Gasteiger partial charge is 0.481 e. The second-order valence-corrected chi connectivity index (χ2v) is 6.40. The normalized spacial score (nSPS) is 21.6. The molecule has 2 unspecified atom stereocenters. The van der Waals surface area contributed by atoms with E-state index in [0.29, 0.717) is 36.1 Å². The zero-order valence-electron chi connectivity index (χ0n) is 14.7. The fourth-order valence-corrected chi connectivity index (χ4v) is 3.37. The number of likely N-dealkylation sites (tertiary alicyclic amines) is 1. The van der Waals surface area contributed by atoms with Gasteiger partial charge >= 0.3 is 0 Å².